The van der Waals surface area contributed by atoms with Gasteiger partial charge in [0, 0.05) is 17.0 Å². The second-order valence-corrected chi connectivity index (χ2v) is 5.06. The first-order chi connectivity index (χ1) is 10.2. The molecule has 6 heteroatoms. The number of unbranched alkanes of at least 4 members (excludes halogenated alkanes) is 2. The van der Waals surface area contributed by atoms with Gasteiger partial charge in [0.2, 0.25) is 5.89 Å². The van der Waals surface area contributed by atoms with Crippen LogP contribution in [-0.4, -0.2) is 16.2 Å². The van der Waals surface area contributed by atoms with Gasteiger partial charge in [0.15, 0.2) is 6.61 Å². The fraction of sp³-hybridized carbons (Fsp3) is 0.400. The zero-order valence-electron chi connectivity index (χ0n) is 11.8. The largest absolute Gasteiger partial charge is 0.456 e. The van der Waals surface area contributed by atoms with Crippen LogP contribution in [0.25, 0.3) is 11.5 Å². The van der Waals surface area contributed by atoms with Crippen molar-refractivity contribution in [1.29, 1.82) is 0 Å². The maximum Gasteiger partial charge on any atom is 0.306 e. The minimum atomic E-state index is -0.241. The van der Waals surface area contributed by atoms with Crippen molar-refractivity contribution in [3.63, 3.8) is 0 Å². The van der Waals surface area contributed by atoms with E-state index in [1.54, 1.807) is 24.3 Å². The first kappa shape index (κ1) is 15.5. The molecule has 112 valence electrons. The van der Waals surface area contributed by atoms with Crippen molar-refractivity contribution < 1.29 is 13.9 Å². The number of hydrogen-bond acceptors (Lipinski definition) is 5. The normalized spacial score (nSPS) is 10.6. The van der Waals surface area contributed by atoms with Crippen molar-refractivity contribution in [3.05, 3.63) is 35.2 Å². The third-order valence-electron chi connectivity index (χ3n) is 2.90. The molecule has 2 rings (SSSR count). The van der Waals surface area contributed by atoms with E-state index in [0.29, 0.717) is 17.3 Å². The first-order valence-corrected chi connectivity index (χ1v) is 7.30. The van der Waals surface area contributed by atoms with E-state index in [-0.39, 0.29) is 18.5 Å². The molecule has 0 amide bonds. The van der Waals surface area contributed by atoms with Crippen LogP contribution in [0.15, 0.2) is 28.7 Å². The predicted octanol–water partition coefficient (Wildman–Crippen LogP) is 4.01. The highest BCUT2D eigenvalue weighted by Gasteiger charge is 2.10. The zero-order chi connectivity index (χ0) is 15.1. The topological polar surface area (TPSA) is 65.2 Å². The molecule has 0 radical (unpaired) electrons. The van der Waals surface area contributed by atoms with E-state index in [2.05, 4.69) is 17.1 Å². The van der Waals surface area contributed by atoms with Crippen LogP contribution in [0.4, 0.5) is 0 Å². The molecule has 0 spiro atoms. The molecule has 0 aliphatic carbocycles. The van der Waals surface area contributed by atoms with Crippen LogP contribution in [0.3, 0.4) is 0 Å². The van der Waals surface area contributed by atoms with Crippen molar-refractivity contribution in [2.45, 2.75) is 39.2 Å². The Labute approximate surface area is 128 Å². The van der Waals surface area contributed by atoms with Gasteiger partial charge in [0.1, 0.15) is 0 Å². The lowest BCUT2D eigenvalue weighted by molar-refractivity contribution is -0.145. The van der Waals surface area contributed by atoms with Crippen molar-refractivity contribution in [2.75, 3.05) is 0 Å². The highest BCUT2D eigenvalue weighted by molar-refractivity contribution is 6.30. The molecule has 0 aliphatic heterocycles. The molecule has 0 aliphatic rings. The number of halogens is 1. The Morgan fingerprint density at radius 2 is 2.00 bits per heavy atom. The average Bonchev–Trinajstić information content (AvgIpc) is 2.95. The summed E-state index contributed by atoms with van der Waals surface area (Å²) >= 11 is 5.82. The Balaban J connectivity index is 1.86. The Hall–Kier alpha value is -1.88. The second kappa shape index (κ2) is 7.78. The number of carbonyl (C=O) groups excluding carboxylic acids is 1. The lowest BCUT2D eigenvalue weighted by Crippen LogP contribution is -2.04. The van der Waals surface area contributed by atoms with Crippen LogP contribution in [0.1, 0.15) is 38.5 Å². The molecule has 0 atom stereocenters. The van der Waals surface area contributed by atoms with E-state index in [1.807, 2.05) is 0 Å². The molecule has 0 saturated heterocycles. The van der Waals surface area contributed by atoms with Gasteiger partial charge in [-0.1, -0.05) is 31.4 Å². The molecule has 2 aromatic rings. The number of carbonyl (C=O) groups is 1. The molecule has 0 N–H and O–H groups in total. The average molecular weight is 309 g/mol. The maximum absolute atomic E-state index is 11.5. The lowest BCUT2D eigenvalue weighted by atomic mass is 10.2. The van der Waals surface area contributed by atoms with Crippen LogP contribution < -0.4 is 0 Å². The SMILES string of the molecule is CCCCCC(=O)OCc1nnc(-c2ccc(Cl)cc2)o1. The highest BCUT2D eigenvalue weighted by Crippen LogP contribution is 2.20. The summed E-state index contributed by atoms with van der Waals surface area (Å²) < 4.78 is 10.5. The fourth-order valence-electron chi connectivity index (χ4n) is 1.75. The van der Waals surface area contributed by atoms with E-state index < -0.39 is 0 Å². The Morgan fingerprint density at radius 1 is 1.24 bits per heavy atom. The number of aromatic nitrogens is 2. The molecular formula is C15H17ClN2O3. The van der Waals surface area contributed by atoms with E-state index in [0.717, 1.165) is 24.8 Å². The van der Waals surface area contributed by atoms with Gasteiger partial charge in [-0.2, -0.15) is 0 Å². The summed E-state index contributed by atoms with van der Waals surface area (Å²) in [7, 11) is 0. The van der Waals surface area contributed by atoms with Gasteiger partial charge in [0.25, 0.3) is 5.89 Å². The van der Waals surface area contributed by atoms with Crippen molar-refractivity contribution in [3.8, 4) is 11.5 Å². The number of benzene rings is 1. The van der Waals surface area contributed by atoms with Crippen LogP contribution in [0, 0.1) is 0 Å². The number of ether oxygens (including phenoxy) is 1. The van der Waals surface area contributed by atoms with Gasteiger partial charge in [0.05, 0.1) is 0 Å². The molecule has 0 saturated carbocycles. The molecule has 0 fully saturated rings. The summed E-state index contributed by atoms with van der Waals surface area (Å²) in [6.07, 6.45) is 3.36. The number of hydrogen-bond donors (Lipinski definition) is 0. The number of nitrogens with zero attached hydrogens (tertiary/aromatic N) is 2. The fourth-order valence-corrected chi connectivity index (χ4v) is 1.88. The molecule has 1 aromatic heterocycles. The summed E-state index contributed by atoms with van der Waals surface area (Å²) in [5.41, 5.74) is 0.771. The van der Waals surface area contributed by atoms with Crippen molar-refractivity contribution in [2.24, 2.45) is 0 Å². The van der Waals surface area contributed by atoms with Gasteiger partial charge in [-0.3, -0.25) is 4.79 Å². The minimum absolute atomic E-state index is 0.00550. The molecule has 0 bridgehead atoms. The van der Waals surface area contributed by atoms with E-state index >= 15 is 0 Å². The van der Waals surface area contributed by atoms with Crippen LogP contribution in [0.5, 0.6) is 0 Å². The zero-order valence-corrected chi connectivity index (χ0v) is 12.6. The Bertz CT molecular complexity index is 581. The van der Waals surface area contributed by atoms with Crippen LogP contribution >= 0.6 is 11.6 Å². The Kier molecular flexibility index (Phi) is 5.75. The quantitative estimate of drug-likeness (QED) is 0.571. The van der Waals surface area contributed by atoms with Gasteiger partial charge in [-0.25, -0.2) is 0 Å². The lowest BCUT2D eigenvalue weighted by Gasteiger charge is -2.01. The molecule has 1 aromatic carbocycles. The minimum Gasteiger partial charge on any atom is -0.456 e. The van der Waals surface area contributed by atoms with Crippen LogP contribution in [-0.2, 0) is 16.1 Å². The van der Waals surface area contributed by atoms with E-state index in [9.17, 15) is 4.79 Å². The van der Waals surface area contributed by atoms with Gasteiger partial charge in [-0.15, -0.1) is 10.2 Å². The standard InChI is InChI=1S/C15H17ClN2O3/c1-2-3-4-5-14(19)20-10-13-17-18-15(21-13)11-6-8-12(16)9-7-11/h6-9H,2-5,10H2,1H3. The summed E-state index contributed by atoms with van der Waals surface area (Å²) in [5, 5.41) is 8.41. The summed E-state index contributed by atoms with van der Waals surface area (Å²) in [6.45, 7) is 2.09. The van der Waals surface area contributed by atoms with Crippen molar-refractivity contribution in [1.82, 2.24) is 10.2 Å². The monoisotopic (exact) mass is 308 g/mol. The van der Waals surface area contributed by atoms with Gasteiger partial charge >= 0.3 is 5.97 Å². The molecule has 1 heterocycles. The van der Waals surface area contributed by atoms with Gasteiger partial charge < -0.3 is 9.15 Å². The molecule has 5 nitrogen and oxygen atoms in total. The summed E-state index contributed by atoms with van der Waals surface area (Å²) in [6, 6.07) is 7.07. The first-order valence-electron chi connectivity index (χ1n) is 6.93. The number of esters is 1. The predicted molar refractivity (Wildman–Crippen MR) is 78.7 cm³/mol. The third-order valence-corrected chi connectivity index (χ3v) is 3.15. The maximum atomic E-state index is 11.5. The molecular weight excluding hydrogens is 292 g/mol. The van der Waals surface area contributed by atoms with Crippen LogP contribution in [0.2, 0.25) is 5.02 Å². The third kappa shape index (κ3) is 4.86. The summed E-state index contributed by atoms with van der Waals surface area (Å²) in [4.78, 5) is 11.5. The molecule has 0 unspecified atom stereocenters. The van der Waals surface area contributed by atoms with E-state index in [4.69, 9.17) is 20.8 Å². The van der Waals surface area contributed by atoms with Crippen molar-refractivity contribution >= 4 is 17.6 Å². The smallest absolute Gasteiger partial charge is 0.306 e. The number of rotatable bonds is 7. The molecule has 21 heavy (non-hydrogen) atoms. The van der Waals surface area contributed by atoms with Gasteiger partial charge in [-0.05, 0) is 30.7 Å². The second-order valence-electron chi connectivity index (χ2n) is 4.63. The summed E-state index contributed by atoms with van der Waals surface area (Å²) in [5.74, 6) is 0.419. The highest BCUT2D eigenvalue weighted by atomic mass is 35.5. The van der Waals surface area contributed by atoms with E-state index in [1.165, 1.54) is 0 Å². The Morgan fingerprint density at radius 3 is 2.71 bits per heavy atom.